The lowest BCUT2D eigenvalue weighted by Crippen LogP contribution is -2.63. The number of carbonyl (C=O) groups excluding carboxylic acids is 4. The Morgan fingerprint density at radius 1 is 1.24 bits per heavy atom. The molecule has 4 heterocycles. The summed E-state index contributed by atoms with van der Waals surface area (Å²) in [5.41, 5.74) is 0.204. The lowest BCUT2D eigenvalue weighted by Gasteiger charge is -2.38. The average molecular weight is 470 g/mol. The third kappa shape index (κ3) is 4.50. The van der Waals surface area contributed by atoms with Crippen molar-refractivity contribution in [1.82, 2.24) is 20.0 Å². The van der Waals surface area contributed by atoms with Gasteiger partial charge in [0, 0.05) is 24.9 Å². The van der Waals surface area contributed by atoms with Gasteiger partial charge in [0.15, 0.2) is 30.5 Å². The number of hydrogen-bond acceptors (Lipinski definition) is 6. The topological polar surface area (TPSA) is 119 Å². The van der Waals surface area contributed by atoms with Gasteiger partial charge in [0.2, 0.25) is 5.91 Å². The van der Waals surface area contributed by atoms with E-state index in [2.05, 4.69) is 10.3 Å². The summed E-state index contributed by atoms with van der Waals surface area (Å²) in [6, 6.07) is 2.72. The van der Waals surface area contributed by atoms with Crippen LogP contribution in [0.15, 0.2) is 40.1 Å². The number of urea groups is 1. The molecule has 5 amide bonds. The van der Waals surface area contributed by atoms with Gasteiger partial charge in [-0.1, -0.05) is 0 Å². The van der Waals surface area contributed by atoms with Gasteiger partial charge < -0.3 is 14.6 Å². The van der Waals surface area contributed by atoms with Crippen molar-refractivity contribution in [2.45, 2.75) is 26.3 Å². The molecule has 0 spiro atoms. The van der Waals surface area contributed by atoms with Crippen LogP contribution in [0.5, 0.6) is 0 Å². The summed E-state index contributed by atoms with van der Waals surface area (Å²) >= 11 is 0. The molecular weight excluding hydrogens is 440 g/mol. The highest BCUT2D eigenvalue weighted by molar-refractivity contribution is 6.31. The molecule has 11 heteroatoms. The standard InChI is InChI=1S/C23H28N6O5/c1-23(2,3)25-17(30)14-29-21(32)18-15(7-8-24-19(18)26(4)22(29)33)27-9-11-28(12-10-27)20(31)16-6-5-13-34-16/h5-8,13,18H,9-12,14H2,1-4H3/p+1. The van der Waals surface area contributed by atoms with Gasteiger partial charge in [-0.15, -0.1) is 0 Å². The van der Waals surface area contributed by atoms with Crippen LogP contribution in [0, 0.1) is 5.92 Å². The fraction of sp³-hybridized carbons (Fsp3) is 0.478. The van der Waals surface area contributed by atoms with Crippen molar-refractivity contribution in [3.8, 4) is 0 Å². The number of aliphatic imine (C=N–C) groups is 1. The van der Waals surface area contributed by atoms with Crippen molar-refractivity contribution < 1.29 is 28.2 Å². The number of imide groups is 1. The molecule has 0 aromatic carbocycles. The summed E-state index contributed by atoms with van der Waals surface area (Å²) < 4.78 is 7.24. The van der Waals surface area contributed by atoms with E-state index in [0.717, 1.165) is 4.90 Å². The molecule has 1 N–H and O–H groups in total. The molecular formula is C23H29N6O5+. The van der Waals surface area contributed by atoms with Crippen molar-refractivity contribution in [1.29, 1.82) is 0 Å². The maximum absolute atomic E-state index is 13.5. The van der Waals surface area contributed by atoms with Gasteiger partial charge in [-0.05, 0) is 32.9 Å². The Morgan fingerprint density at radius 3 is 2.56 bits per heavy atom. The van der Waals surface area contributed by atoms with Gasteiger partial charge in [-0.3, -0.25) is 24.2 Å². The van der Waals surface area contributed by atoms with Crippen LogP contribution in [0.25, 0.3) is 0 Å². The summed E-state index contributed by atoms with van der Waals surface area (Å²) in [7, 11) is 1.55. The minimum atomic E-state index is -0.803. The van der Waals surface area contributed by atoms with E-state index in [1.807, 2.05) is 25.3 Å². The van der Waals surface area contributed by atoms with Crippen LogP contribution in [-0.4, -0.2) is 99.9 Å². The SMILES string of the molecule is CN1C(=O)N(CC(=O)NC(C)(C)C)C(=O)C2C1=NC=CC2=[N+]1CCN(C(=O)c2ccco2)CC1. The lowest BCUT2D eigenvalue weighted by molar-refractivity contribution is -0.538. The second kappa shape index (κ2) is 8.88. The molecule has 1 aromatic rings. The highest BCUT2D eigenvalue weighted by Crippen LogP contribution is 2.23. The van der Waals surface area contributed by atoms with E-state index < -0.39 is 29.3 Å². The van der Waals surface area contributed by atoms with Crippen LogP contribution < -0.4 is 5.32 Å². The average Bonchev–Trinajstić information content (AvgIpc) is 3.33. The molecule has 0 aliphatic carbocycles. The Morgan fingerprint density at radius 2 is 1.94 bits per heavy atom. The van der Waals surface area contributed by atoms with Crippen LogP contribution in [0.3, 0.4) is 0 Å². The largest absolute Gasteiger partial charge is 0.459 e. The number of carbonyl (C=O) groups is 4. The van der Waals surface area contributed by atoms with Crippen LogP contribution in [0.2, 0.25) is 0 Å². The first-order valence-electron chi connectivity index (χ1n) is 11.2. The van der Waals surface area contributed by atoms with E-state index in [1.54, 1.807) is 36.4 Å². The molecule has 3 aliphatic heterocycles. The van der Waals surface area contributed by atoms with E-state index in [1.165, 1.54) is 11.2 Å². The summed E-state index contributed by atoms with van der Waals surface area (Å²) in [5.74, 6) is -1.26. The number of amides is 5. The first-order chi connectivity index (χ1) is 16.1. The number of nitrogens with one attached hydrogen (secondary N) is 1. The Balaban J connectivity index is 1.54. The van der Waals surface area contributed by atoms with Gasteiger partial charge >= 0.3 is 6.03 Å². The normalized spacial score (nSPS) is 21.0. The van der Waals surface area contributed by atoms with Gasteiger partial charge in [-0.2, -0.15) is 0 Å². The molecule has 1 atom stereocenters. The minimum absolute atomic E-state index is 0.175. The number of nitrogens with zero attached hydrogens (tertiary/aromatic N) is 5. The van der Waals surface area contributed by atoms with E-state index >= 15 is 0 Å². The number of allylic oxidation sites excluding steroid dienone is 1. The molecule has 11 nitrogen and oxygen atoms in total. The molecule has 2 fully saturated rings. The molecule has 0 saturated carbocycles. The lowest BCUT2D eigenvalue weighted by atomic mass is 9.94. The number of furan rings is 1. The zero-order valence-electron chi connectivity index (χ0n) is 19.8. The second-order valence-corrected chi connectivity index (χ2v) is 9.48. The van der Waals surface area contributed by atoms with E-state index in [9.17, 15) is 19.2 Å². The maximum atomic E-state index is 13.5. The monoisotopic (exact) mass is 469 g/mol. The van der Waals surface area contributed by atoms with Crippen LogP contribution in [0.1, 0.15) is 31.3 Å². The molecule has 1 aromatic heterocycles. The summed E-state index contributed by atoms with van der Waals surface area (Å²) in [6.45, 7) is 7.04. The van der Waals surface area contributed by atoms with Crippen molar-refractivity contribution in [3.05, 3.63) is 36.4 Å². The summed E-state index contributed by atoms with van der Waals surface area (Å²) in [6.07, 6.45) is 4.79. The third-order valence-electron chi connectivity index (χ3n) is 5.86. The molecule has 34 heavy (non-hydrogen) atoms. The van der Waals surface area contributed by atoms with Crippen molar-refractivity contribution in [2.24, 2.45) is 10.9 Å². The quantitative estimate of drug-likeness (QED) is 0.649. The number of fused-ring (bicyclic) bond motifs is 1. The van der Waals surface area contributed by atoms with Gasteiger partial charge in [0.1, 0.15) is 12.4 Å². The fourth-order valence-corrected chi connectivity index (χ4v) is 4.30. The predicted molar refractivity (Wildman–Crippen MR) is 122 cm³/mol. The Bertz CT molecular complexity index is 1100. The zero-order valence-corrected chi connectivity index (χ0v) is 19.8. The van der Waals surface area contributed by atoms with Crippen molar-refractivity contribution in [2.75, 3.05) is 39.8 Å². The Hall–Kier alpha value is -3.76. The minimum Gasteiger partial charge on any atom is -0.459 e. The molecule has 0 bridgehead atoms. The molecule has 0 radical (unpaired) electrons. The van der Waals surface area contributed by atoms with E-state index in [0.29, 0.717) is 43.5 Å². The number of hydrogen-bond donors (Lipinski definition) is 1. The van der Waals surface area contributed by atoms with Crippen molar-refractivity contribution in [3.63, 3.8) is 0 Å². The third-order valence-corrected chi connectivity index (χ3v) is 5.86. The highest BCUT2D eigenvalue weighted by Gasteiger charge is 2.49. The van der Waals surface area contributed by atoms with Gasteiger partial charge in [0.05, 0.1) is 19.4 Å². The number of piperazine rings is 1. The van der Waals surface area contributed by atoms with Crippen molar-refractivity contribution >= 4 is 35.3 Å². The first-order valence-corrected chi connectivity index (χ1v) is 11.2. The number of amidine groups is 1. The summed E-state index contributed by atoms with van der Waals surface area (Å²) in [5, 5.41) is 2.79. The smallest absolute Gasteiger partial charge is 0.332 e. The Labute approximate surface area is 197 Å². The molecule has 3 aliphatic rings. The first kappa shape index (κ1) is 23.4. The zero-order chi connectivity index (χ0) is 24.6. The van der Waals surface area contributed by atoms with Gasteiger partial charge in [-0.25, -0.2) is 14.4 Å². The second-order valence-electron chi connectivity index (χ2n) is 9.48. The molecule has 4 rings (SSSR count). The number of rotatable bonds is 3. The fourth-order valence-electron chi connectivity index (χ4n) is 4.30. The van der Waals surface area contributed by atoms with E-state index in [-0.39, 0.29) is 12.5 Å². The molecule has 2 saturated heterocycles. The maximum Gasteiger partial charge on any atom is 0.332 e. The summed E-state index contributed by atoms with van der Waals surface area (Å²) in [4.78, 5) is 59.7. The van der Waals surface area contributed by atoms with Crippen LogP contribution >= 0.6 is 0 Å². The van der Waals surface area contributed by atoms with Crippen LogP contribution in [-0.2, 0) is 9.59 Å². The molecule has 180 valence electrons. The van der Waals surface area contributed by atoms with Crippen LogP contribution in [0.4, 0.5) is 4.79 Å². The Kier molecular flexibility index (Phi) is 6.11. The predicted octanol–water partition coefficient (Wildman–Crippen LogP) is 0.540. The van der Waals surface area contributed by atoms with Gasteiger partial charge in [0.25, 0.3) is 11.8 Å². The highest BCUT2D eigenvalue weighted by atomic mass is 16.3. The molecule has 1 unspecified atom stereocenters. The van der Waals surface area contributed by atoms with E-state index in [4.69, 9.17) is 4.42 Å².